The van der Waals surface area contributed by atoms with Gasteiger partial charge in [-0.15, -0.1) is 0 Å². The van der Waals surface area contributed by atoms with Crippen LogP contribution in [-0.4, -0.2) is 0 Å². The van der Waals surface area contributed by atoms with Crippen molar-refractivity contribution in [1.82, 2.24) is 0 Å². The molecule has 0 atom stereocenters. The van der Waals surface area contributed by atoms with E-state index >= 15 is 0 Å². The minimum Gasteiger partial charge on any atom is -0.0616 e. The summed E-state index contributed by atoms with van der Waals surface area (Å²) in [4.78, 5) is 0. The van der Waals surface area contributed by atoms with Gasteiger partial charge in [0.15, 0.2) is 0 Å². The molecular formula is C40H26. The number of hydrogen-bond acceptors (Lipinski definition) is 0. The van der Waals surface area contributed by atoms with Crippen molar-refractivity contribution in [3.8, 4) is 33.4 Å². The van der Waals surface area contributed by atoms with Crippen molar-refractivity contribution in [2.24, 2.45) is 0 Å². The number of rotatable bonds is 3. The molecule has 0 aliphatic heterocycles. The van der Waals surface area contributed by atoms with E-state index in [0.29, 0.717) is 0 Å². The molecule has 8 aromatic carbocycles. The lowest BCUT2D eigenvalue weighted by Gasteiger charge is -2.13. The van der Waals surface area contributed by atoms with Gasteiger partial charge >= 0.3 is 0 Å². The fraction of sp³-hybridized carbons (Fsp3) is 0. The van der Waals surface area contributed by atoms with Gasteiger partial charge in [0.05, 0.1) is 0 Å². The first-order chi connectivity index (χ1) is 19.8. The molecule has 0 unspecified atom stereocenters. The van der Waals surface area contributed by atoms with Gasteiger partial charge in [-0.2, -0.15) is 0 Å². The first-order valence-electron chi connectivity index (χ1n) is 13.9. The zero-order valence-corrected chi connectivity index (χ0v) is 22.0. The smallest absolute Gasteiger partial charge is 0.00988 e. The maximum atomic E-state index is 2.34. The van der Waals surface area contributed by atoms with Crippen LogP contribution in [0, 0.1) is 0 Å². The Labute approximate surface area is 233 Å². The van der Waals surface area contributed by atoms with Crippen LogP contribution in [0.25, 0.3) is 76.5 Å². The molecule has 0 radical (unpaired) electrons. The Kier molecular flexibility index (Phi) is 5.24. The number of fused-ring (bicyclic) bond motifs is 6. The highest BCUT2D eigenvalue weighted by Crippen LogP contribution is 2.38. The van der Waals surface area contributed by atoms with E-state index in [1.807, 2.05) is 0 Å². The Balaban J connectivity index is 1.23. The van der Waals surface area contributed by atoms with Crippen molar-refractivity contribution in [2.45, 2.75) is 0 Å². The fourth-order valence-corrected chi connectivity index (χ4v) is 6.29. The van der Waals surface area contributed by atoms with Gasteiger partial charge in [0, 0.05) is 0 Å². The molecule has 8 aromatic rings. The minimum absolute atomic E-state index is 1.22. The highest BCUT2D eigenvalue weighted by Gasteiger charge is 2.11. The molecule has 0 N–H and O–H groups in total. The van der Waals surface area contributed by atoms with E-state index in [9.17, 15) is 0 Å². The van der Waals surface area contributed by atoms with E-state index in [2.05, 4.69) is 158 Å². The molecule has 40 heavy (non-hydrogen) atoms. The molecule has 0 saturated heterocycles. The molecule has 0 amide bonds. The predicted molar refractivity (Wildman–Crippen MR) is 173 cm³/mol. The molecule has 0 saturated carbocycles. The zero-order valence-electron chi connectivity index (χ0n) is 22.0. The highest BCUT2D eigenvalue weighted by atomic mass is 14.1. The van der Waals surface area contributed by atoms with Crippen LogP contribution in [0.15, 0.2) is 158 Å². The van der Waals surface area contributed by atoms with Crippen molar-refractivity contribution < 1.29 is 0 Å². The Hall–Kier alpha value is -5.20. The molecule has 0 aromatic heterocycles. The molecule has 0 bridgehead atoms. The summed E-state index contributed by atoms with van der Waals surface area (Å²) in [6.07, 6.45) is 0. The summed E-state index contributed by atoms with van der Waals surface area (Å²) in [5, 5.41) is 10.3. The van der Waals surface area contributed by atoms with Gasteiger partial charge in [0.2, 0.25) is 0 Å². The topological polar surface area (TPSA) is 0 Å². The van der Waals surface area contributed by atoms with Gasteiger partial charge in [-0.1, -0.05) is 140 Å². The summed E-state index contributed by atoms with van der Waals surface area (Å²) in [5.41, 5.74) is 7.48. The number of hydrogen-bond donors (Lipinski definition) is 0. The summed E-state index contributed by atoms with van der Waals surface area (Å²) in [6, 6.07) is 57.5. The van der Waals surface area contributed by atoms with E-state index < -0.39 is 0 Å². The second-order valence-electron chi connectivity index (χ2n) is 10.5. The molecule has 0 aliphatic carbocycles. The van der Waals surface area contributed by atoms with Gasteiger partial charge in [-0.25, -0.2) is 0 Å². The lowest BCUT2D eigenvalue weighted by atomic mass is 9.91. The van der Waals surface area contributed by atoms with Crippen LogP contribution in [-0.2, 0) is 0 Å². The van der Waals surface area contributed by atoms with Gasteiger partial charge in [-0.05, 0) is 94.7 Å². The third-order valence-corrected chi connectivity index (χ3v) is 8.24. The van der Waals surface area contributed by atoms with Crippen molar-refractivity contribution in [3.63, 3.8) is 0 Å². The quantitative estimate of drug-likeness (QED) is 0.209. The standard InChI is InChI=1S/C40H26/c1-3-14-33-31(10-1)25-39(37-18-7-5-16-35(33)37)28-22-20-27(21-23-28)29-12-9-13-30(24-29)40-26-32-11-2-4-15-34(32)36-17-6-8-19-38(36)40/h1-26H. The monoisotopic (exact) mass is 506 g/mol. The first kappa shape index (κ1) is 22.8. The minimum atomic E-state index is 1.22. The Morgan fingerprint density at radius 3 is 1.23 bits per heavy atom. The third-order valence-electron chi connectivity index (χ3n) is 8.24. The zero-order chi connectivity index (χ0) is 26.5. The van der Waals surface area contributed by atoms with Crippen LogP contribution in [0.5, 0.6) is 0 Å². The van der Waals surface area contributed by atoms with Gasteiger partial charge in [-0.3, -0.25) is 0 Å². The third kappa shape index (κ3) is 3.69. The average molecular weight is 507 g/mol. The maximum absolute atomic E-state index is 2.34. The Bertz CT molecular complexity index is 2200. The maximum Gasteiger partial charge on any atom is -0.00988 e. The van der Waals surface area contributed by atoms with Crippen molar-refractivity contribution in [1.29, 1.82) is 0 Å². The molecule has 8 rings (SSSR count). The van der Waals surface area contributed by atoms with Crippen molar-refractivity contribution >= 4 is 43.1 Å². The largest absolute Gasteiger partial charge is 0.0616 e. The molecule has 0 fully saturated rings. The first-order valence-corrected chi connectivity index (χ1v) is 13.9. The Morgan fingerprint density at radius 1 is 0.225 bits per heavy atom. The summed E-state index contributed by atoms with van der Waals surface area (Å²) in [6.45, 7) is 0. The van der Waals surface area contributed by atoms with Crippen LogP contribution >= 0.6 is 0 Å². The SMILES string of the molecule is c1cc(-c2ccc(-c3cc4ccccc4c4ccccc34)cc2)cc(-c2cc3ccccc3c3ccccc23)c1. The lowest BCUT2D eigenvalue weighted by Crippen LogP contribution is -1.87. The van der Waals surface area contributed by atoms with E-state index in [0.717, 1.165) is 0 Å². The summed E-state index contributed by atoms with van der Waals surface area (Å²) < 4.78 is 0. The van der Waals surface area contributed by atoms with E-state index in [1.54, 1.807) is 0 Å². The second kappa shape index (κ2) is 9.22. The van der Waals surface area contributed by atoms with Crippen molar-refractivity contribution in [3.05, 3.63) is 158 Å². The normalized spacial score (nSPS) is 11.5. The van der Waals surface area contributed by atoms with Gasteiger partial charge < -0.3 is 0 Å². The molecule has 0 heterocycles. The molecule has 0 nitrogen and oxygen atoms in total. The molecule has 0 aliphatic rings. The van der Waals surface area contributed by atoms with Crippen LogP contribution in [0.1, 0.15) is 0 Å². The summed E-state index contributed by atoms with van der Waals surface area (Å²) in [5.74, 6) is 0. The molecule has 0 heteroatoms. The van der Waals surface area contributed by atoms with Crippen LogP contribution in [0.3, 0.4) is 0 Å². The van der Waals surface area contributed by atoms with Crippen molar-refractivity contribution in [2.75, 3.05) is 0 Å². The van der Waals surface area contributed by atoms with Gasteiger partial charge in [0.25, 0.3) is 0 Å². The average Bonchev–Trinajstić information content (AvgIpc) is 3.04. The van der Waals surface area contributed by atoms with E-state index in [4.69, 9.17) is 0 Å². The highest BCUT2D eigenvalue weighted by molar-refractivity contribution is 6.15. The summed E-state index contributed by atoms with van der Waals surface area (Å²) >= 11 is 0. The molecule has 186 valence electrons. The van der Waals surface area contributed by atoms with E-state index in [1.165, 1.54) is 76.5 Å². The van der Waals surface area contributed by atoms with Crippen LogP contribution in [0.4, 0.5) is 0 Å². The molecule has 0 spiro atoms. The summed E-state index contributed by atoms with van der Waals surface area (Å²) in [7, 11) is 0. The van der Waals surface area contributed by atoms with Crippen LogP contribution in [0.2, 0.25) is 0 Å². The van der Waals surface area contributed by atoms with Crippen LogP contribution < -0.4 is 0 Å². The molecular weight excluding hydrogens is 480 g/mol. The van der Waals surface area contributed by atoms with E-state index in [-0.39, 0.29) is 0 Å². The second-order valence-corrected chi connectivity index (χ2v) is 10.5. The fourth-order valence-electron chi connectivity index (χ4n) is 6.29. The lowest BCUT2D eigenvalue weighted by molar-refractivity contribution is 1.60. The predicted octanol–water partition coefficient (Wildman–Crippen LogP) is 11.3. The Morgan fingerprint density at radius 2 is 0.650 bits per heavy atom. The number of benzene rings is 8. The van der Waals surface area contributed by atoms with Gasteiger partial charge in [0.1, 0.15) is 0 Å².